The van der Waals surface area contributed by atoms with Gasteiger partial charge in [-0.3, -0.25) is 4.79 Å². The molecule has 0 fully saturated rings. The number of rotatable bonds is 7. The van der Waals surface area contributed by atoms with Crippen molar-refractivity contribution >= 4 is 11.8 Å². The highest BCUT2D eigenvalue weighted by molar-refractivity contribution is 7.98. The molecule has 1 heterocycles. The summed E-state index contributed by atoms with van der Waals surface area (Å²) in [5.74, 6) is 0.621. The van der Waals surface area contributed by atoms with Crippen molar-refractivity contribution in [1.82, 2.24) is 9.97 Å². The third kappa shape index (κ3) is 4.69. The van der Waals surface area contributed by atoms with E-state index in [1.807, 2.05) is 37.4 Å². The molecule has 0 atom stereocenters. The largest absolute Gasteiger partial charge is 0.493 e. The lowest BCUT2D eigenvalue weighted by molar-refractivity contribution is 0.310. The highest BCUT2D eigenvalue weighted by Gasteiger charge is 2.18. The summed E-state index contributed by atoms with van der Waals surface area (Å²) in [5.41, 5.74) is 3.75. The van der Waals surface area contributed by atoms with Crippen molar-refractivity contribution in [3.05, 3.63) is 63.9 Å². The molecule has 29 heavy (non-hydrogen) atoms. The summed E-state index contributed by atoms with van der Waals surface area (Å²) >= 11 is 1.32. The molecule has 0 aliphatic carbocycles. The Morgan fingerprint density at radius 2 is 1.90 bits per heavy atom. The van der Waals surface area contributed by atoms with E-state index in [1.54, 1.807) is 0 Å². The number of hydrogen-bond acceptors (Lipinski definition) is 5. The molecule has 0 aliphatic heterocycles. The van der Waals surface area contributed by atoms with Crippen LogP contribution in [-0.2, 0) is 0 Å². The molecule has 3 rings (SSSR count). The first kappa shape index (κ1) is 20.7. The SMILES string of the molecule is CCCCOc1ccc(-c2ccc(C)cc2)cc1-c1nc(SC)[nH]c(=O)c1C#N. The standard InChI is InChI=1S/C23H23N3O2S/c1-4-5-12-28-20-11-10-17(16-8-6-15(2)7-9-16)13-18(20)21-19(14-24)22(27)26-23(25-21)29-3/h6-11,13H,4-5,12H2,1-3H3,(H,25,26,27). The van der Waals surface area contributed by atoms with Crippen LogP contribution < -0.4 is 10.3 Å². The van der Waals surface area contributed by atoms with Gasteiger partial charge in [0.2, 0.25) is 0 Å². The minimum absolute atomic E-state index is 0.0100. The number of nitrogens with zero attached hydrogens (tertiary/aromatic N) is 2. The lowest BCUT2D eigenvalue weighted by Gasteiger charge is -2.14. The number of aromatic amines is 1. The number of H-pyrrole nitrogens is 1. The number of thioether (sulfide) groups is 1. The normalized spacial score (nSPS) is 10.6. The van der Waals surface area contributed by atoms with E-state index in [9.17, 15) is 10.1 Å². The molecule has 0 radical (unpaired) electrons. The molecule has 0 amide bonds. The minimum Gasteiger partial charge on any atom is -0.493 e. The van der Waals surface area contributed by atoms with E-state index in [0.717, 1.165) is 24.0 Å². The average Bonchev–Trinajstić information content (AvgIpc) is 2.74. The summed E-state index contributed by atoms with van der Waals surface area (Å²) in [5, 5.41) is 10.1. The van der Waals surface area contributed by atoms with Gasteiger partial charge in [0.1, 0.15) is 23.1 Å². The molecule has 5 nitrogen and oxygen atoms in total. The van der Waals surface area contributed by atoms with Crippen LogP contribution in [0.3, 0.4) is 0 Å². The number of nitriles is 1. The van der Waals surface area contributed by atoms with Crippen LogP contribution in [0.2, 0.25) is 0 Å². The van der Waals surface area contributed by atoms with Crippen LogP contribution in [0.5, 0.6) is 5.75 Å². The monoisotopic (exact) mass is 405 g/mol. The van der Waals surface area contributed by atoms with Gasteiger partial charge in [-0.15, -0.1) is 0 Å². The van der Waals surface area contributed by atoms with Crippen molar-refractivity contribution in [3.63, 3.8) is 0 Å². The van der Waals surface area contributed by atoms with E-state index in [1.165, 1.54) is 17.3 Å². The van der Waals surface area contributed by atoms with Gasteiger partial charge in [-0.25, -0.2) is 4.98 Å². The van der Waals surface area contributed by atoms with Crippen LogP contribution in [0, 0.1) is 18.3 Å². The predicted octanol–water partition coefficient (Wildman–Crippen LogP) is 5.18. The van der Waals surface area contributed by atoms with Gasteiger partial charge < -0.3 is 9.72 Å². The van der Waals surface area contributed by atoms with Crippen molar-refractivity contribution in [2.24, 2.45) is 0 Å². The molecule has 0 unspecified atom stereocenters. The summed E-state index contributed by atoms with van der Waals surface area (Å²) in [6.07, 6.45) is 3.76. The number of hydrogen-bond donors (Lipinski definition) is 1. The molecule has 3 aromatic rings. The van der Waals surface area contributed by atoms with Gasteiger partial charge in [-0.1, -0.05) is 61.0 Å². The first-order valence-corrected chi connectivity index (χ1v) is 10.7. The molecule has 1 aromatic heterocycles. The number of benzene rings is 2. The van der Waals surface area contributed by atoms with Crippen LogP contribution in [0.4, 0.5) is 0 Å². The summed E-state index contributed by atoms with van der Waals surface area (Å²) in [6.45, 7) is 4.71. The van der Waals surface area contributed by atoms with Crippen LogP contribution >= 0.6 is 11.8 Å². The fraction of sp³-hybridized carbons (Fsp3) is 0.261. The van der Waals surface area contributed by atoms with Gasteiger partial charge in [0.25, 0.3) is 5.56 Å². The maximum atomic E-state index is 12.4. The molecule has 2 aromatic carbocycles. The first-order valence-electron chi connectivity index (χ1n) is 9.50. The predicted molar refractivity (Wildman–Crippen MR) is 117 cm³/mol. The van der Waals surface area contributed by atoms with Gasteiger partial charge in [-0.2, -0.15) is 5.26 Å². The Labute approximate surface area is 174 Å². The highest BCUT2D eigenvalue weighted by atomic mass is 32.2. The Hall–Kier alpha value is -3.04. The molecule has 0 bridgehead atoms. The lowest BCUT2D eigenvalue weighted by atomic mass is 9.98. The number of unbranched alkanes of at least 4 members (excludes halogenated alkanes) is 1. The number of aromatic nitrogens is 2. The molecule has 0 saturated heterocycles. The molecule has 0 spiro atoms. The van der Waals surface area contributed by atoms with Gasteiger partial charge >= 0.3 is 0 Å². The second-order valence-corrected chi connectivity index (χ2v) is 7.48. The minimum atomic E-state index is -0.443. The molecule has 1 N–H and O–H groups in total. The van der Waals surface area contributed by atoms with Gasteiger partial charge in [0.15, 0.2) is 5.16 Å². The Morgan fingerprint density at radius 3 is 2.55 bits per heavy atom. The van der Waals surface area contributed by atoms with E-state index in [4.69, 9.17) is 4.74 Å². The summed E-state index contributed by atoms with van der Waals surface area (Å²) in [4.78, 5) is 19.6. The summed E-state index contributed by atoms with van der Waals surface area (Å²) < 4.78 is 5.99. The van der Waals surface area contributed by atoms with Crippen molar-refractivity contribution in [3.8, 4) is 34.2 Å². The number of ether oxygens (including phenoxy) is 1. The smallest absolute Gasteiger partial charge is 0.270 e. The quantitative estimate of drug-likeness (QED) is 0.333. The van der Waals surface area contributed by atoms with Crippen molar-refractivity contribution < 1.29 is 4.74 Å². The number of nitrogens with one attached hydrogen (secondary N) is 1. The Kier molecular flexibility index (Phi) is 6.73. The van der Waals surface area contributed by atoms with Gasteiger partial charge in [-0.05, 0) is 42.9 Å². The van der Waals surface area contributed by atoms with E-state index in [2.05, 4.69) is 41.2 Å². The average molecular weight is 406 g/mol. The molecular formula is C23H23N3O2S. The zero-order valence-corrected chi connectivity index (χ0v) is 17.6. The Balaban J connectivity index is 2.20. The summed E-state index contributed by atoms with van der Waals surface area (Å²) in [7, 11) is 0. The Bertz CT molecular complexity index is 1100. The highest BCUT2D eigenvalue weighted by Crippen LogP contribution is 2.35. The topological polar surface area (TPSA) is 78.8 Å². The molecule has 148 valence electrons. The second-order valence-electron chi connectivity index (χ2n) is 6.69. The molecule has 0 saturated carbocycles. The second kappa shape index (κ2) is 9.44. The zero-order chi connectivity index (χ0) is 20.8. The van der Waals surface area contributed by atoms with Crippen LogP contribution in [0.25, 0.3) is 22.4 Å². The fourth-order valence-corrected chi connectivity index (χ4v) is 3.32. The van der Waals surface area contributed by atoms with E-state index in [0.29, 0.717) is 28.8 Å². The fourth-order valence-electron chi connectivity index (χ4n) is 2.94. The van der Waals surface area contributed by atoms with Crippen LogP contribution in [0.15, 0.2) is 52.4 Å². The molecule has 0 aliphatic rings. The van der Waals surface area contributed by atoms with Gasteiger partial charge in [0, 0.05) is 5.56 Å². The third-order valence-electron chi connectivity index (χ3n) is 4.58. The van der Waals surface area contributed by atoms with E-state index >= 15 is 0 Å². The van der Waals surface area contributed by atoms with Gasteiger partial charge in [0.05, 0.1) is 6.61 Å². The first-order chi connectivity index (χ1) is 14.1. The Morgan fingerprint density at radius 1 is 1.17 bits per heavy atom. The zero-order valence-electron chi connectivity index (χ0n) is 16.8. The maximum Gasteiger partial charge on any atom is 0.270 e. The maximum absolute atomic E-state index is 12.4. The number of aryl methyl sites for hydroxylation is 1. The van der Waals surface area contributed by atoms with Crippen molar-refractivity contribution in [2.45, 2.75) is 31.8 Å². The third-order valence-corrected chi connectivity index (χ3v) is 5.16. The lowest BCUT2D eigenvalue weighted by Crippen LogP contribution is -2.15. The van der Waals surface area contributed by atoms with Crippen LogP contribution in [0.1, 0.15) is 30.9 Å². The molecule has 6 heteroatoms. The van der Waals surface area contributed by atoms with E-state index in [-0.39, 0.29) is 5.56 Å². The van der Waals surface area contributed by atoms with Crippen LogP contribution in [-0.4, -0.2) is 22.8 Å². The summed E-state index contributed by atoms with van der Waals surface area (Å²) in [6, 6.07) is 16.0. The van der Waals surface area contributed by atoms with E-state index < -0.39 is 5.56 Å². The molecular weight excluding hydrogens is 382 g/mol. The van der Waals surface area contributed by atoms with Crippen molar-refractivity contribution in [1.29, 1.82) is 5.26 Å². The van der Waals surface area contributed by atoms with Crippen molar-refractivity contribution in [2.75, 3.05) is 12.9 Å².